The van der Waals surface area contributed by atoms with Crippen molar-refractivity contribution < 1.29 is 14.3 Å². The van der Waals surface area contributed by atoms with Gasteiger partial charge in [-0.25, -0.2) is 14.2 Å². The highest BCUT2D eigenvalue weighted by Crippen LogP contribution is 2.32. The standard InChI is InChI=1S/C20H22FN3O2S/c1-12-10-13(19-24-17-11-14(21)6-8-18(17)27-19)5-7-15(12)23-16(20(25)26)4-2-3-9-22/h5-8,10-11,16,23H,2-4,9,22H2,1H3,(H,25,26)/t16-/m0/s1. The number of halogens is 1. The van der Waals surface area contributed by atoms with Crippen molar-refractivity contribution in [1.29, 1.82) is 0 Å². The molecular weight excluding hydrogens is 365 g/mol. The summed E-state index contributed by atoms with van der Waals surface area (Å²) in [4.78, 5) is 16.0. The van der Waals surface area contributed by atoms with Crippen LogP contribution in [0, 0.1) is 12.7 Å². The second kappa shape index (κ2) is 8.45. The number of thiazole rings is 1. The third-order valence-electron chi connectivity index (χ3n) is 4.40. The third-order valence-corrected chi connectivity index (χ3v) is 5.48. The minimum absolute atomic E-state index is 0.301. The fraction of sp³-hybridized carbons (Fsp3) is 0.300. The number of carbonyl (C=O) groups is 1. The van der Waals surface area contributed by atoms with Gasteiger partial charge in [-0.1, -0.05) is 0 Å². The van der Waals surface area contributed by atoms with Gasteiger partial charge in [-0.15, -0.1) is 11.3 Å². The molecule has 1 heterocycles. The number of unbranched alkanes of at least 4 members (excludes halogenated alkanes) is 1. The molecule has 3 rings (SSSR count). The molecule has 0 bridgehead atoms. The SMILES string of the molecule is Cc1cc(-c2nc3cc(F)ccc3s2)ccc1N[C@@H](CCCCN)C(=O)O. The van der Waals surface area contributed by atoms with E-state index in [4.69, 9.17) is 5.73 Å². The lowest BCUT2D eigenvalue weighted by Crippen LogP contribution is -2.29. The van der Waals surface area contributed by atoms with E-state index in [1.165, 1.54) is 23.5 Å². The number of carboxylic acids is 1. The molecule has 7 heteroatoms. The van der Waals surface area contributed by atoms with Crippen LogP contribution in [0.4, 0.5) is 10.1 Å². The fourth-order valence-electron chi connectivity index (χ4n) is 2.92. The quantitative estimate of drug-likeness (QED) is 0.499. The molecule has 4 N–H and O–H groups in total. The minimum atomic E-state index is -0.872. The summed E-state index contributed by atoms with van der Waals surface area (Å²) in [5.74, 6) is -1.17. The van der Waals surface area contributed by atoms with E-state index < -0.39 is 12.0 Å². The van der Waals surface area contributed by atoms with E-state index in [0.717, 1.165) is 39.4 Å². The van der Waals surface area contributed by atoms with Gasteiger partial charge < -0.3 is 16.2 Å². The summed E-state index contributed by atoms with van der Waals surface area (Å²) >= 11 is 1.50. The fourth-order valence-corrected chi connectivity index (χ4v) is 3.86. The predicted octanol–water partition coefficient (Wildman–Crippen LogP) is 4.40. The number of nitrogens with one attached hydrogen (secondary N) is 1. The van der Waals surface area contributed by atoms with Gasteiger partial charge in [0.05, 0.1) is 10.2 Å². The normalized spacial score (nSPS) is 12.3. The molecule has 0 aliphatic rings. The first-order valence-electron chi connectivity index (χ1n) is 8.84. The van der Waals surface area contributed by atoms with Crippen molar-refractivity contribution in [3.05, 3.63) is 47.8 Å². The van der Waals surface area contributed by atoms with Crippen LogP contribution < -0.4 is 11.1 Å². The van der Waals surface area contributed by atoms with E-state index in [-0.39, 0.29) is 5.82 Å². The Bertz CT molecular complexity index is 958. The van der Waals surface area contributed by atoms with Gasteiger partial charge >= 0.3 is 5.97 Å². The number of aromatic nitrogens is 1. The summed E-state index contributed by atoms with van der Waals surface area (Å²) < 4.78 is 14.3. The van der Waals surface area contributed by atoms with E-state index in [0.29, 0.717) is 18.5 Å². The Hall–Kier alpha value is -2.51. The molecular formula is C20H22FN3O2S. The Balaban J connectivity index is 1.80. The van der Waals surface area contributed by atoms with Crippen LogP contribution in [0.5, 0.6) is 0 Å². The summed E-state index contributed by atoms with van der Waals surface area (Å²) in [5.41, 5.74) is 8.76. The van der Waals surface area contributed by atoms with Gasteiger partial charge in [0, 0.05) is 17.3 Å². The van der Waals surface area contributed by atoms with E-state index in [1.54, 1.807) is 6.07 Å². The number of hydrogen-bond acceptors (Lipinski definition) is 5. The molecule has 0 spiro atoms. The van der Waals surface area contributed by atoms with Gasteiger partial charge in [-0.2, -0.15) is 0 Å². The molecule has 1 atom stereocenters. The van der Waals surface area contributed by atoms with Crippen molar-refractivity contribution in [1.82, 2.24) is 4.98 Å². The number of fused-ring (bicyclic) bond motifs is 1. The van der Waals surface area contributed by atoms with Gasteiger partial charge in [0.1, 0.15) is 16.9 Å². The highest BCUT2D eigenvalue weighted by atomic mass is 32.1. The lowest BCUT2D eigenvalue weighted by Gasteiger charge is -2.17. The summed E-state index contributed by atoms with van der Waals surface area (Å²) in [6.07, 6.45) is 2.10. The number of anilines is 1. The Morgan fingerprint density at radius 2 is 2.11 bits per heavy atom. The van der Waals surface area contributed by atoms with Crippen molar-refractivity contribution in [2.24, 2.45) is 5.73 Å². The van der Waals surface area contributed by atoms with Crippen molar-refractivity contribution in [3.8, 4) is 10.6 Å². The summed E-state index contributed by atoms with van der Waals surface area (Å²) in [6.45, 7) is 2.49. The molecule has 0 radical (unpaired) electrons. The first-order valence-corrected chi connectivity index (χ1v) is 9.66. The third kappa shape index (κ3) is 4.61. The highest BCUT2D eigenvalue weighted by Gasteiger charge is 2.18. The van der Waals surface area contributed by atoms with Crippen LogP contribution in [0.25, 0.3) is 20.8 Å². The minimum Gasteiger partial charge on any atom is -0.480 e. The molecule has 1 aromatic heterocycles. The number of carboxylic acid groups (broad SMARTS) is 1. The number of hydrogen-bond donors (Lipinski definition) is 3. The van der Waals surface area contributed by atoms with E-state index in [9.17, 15) is 14.3 Å². The van der Waals surface area contributed by atoms with Crippen LogP contribution in [0.15, 0.2) is 36.4 Å². The molecule has 0 saturated carbocycles. The summed E-state index contributed by atoms with van der Waals surface area (Å²) in [7, 11) is 0. The zero-order chi connectivity index (χ0) is 19.4. The van der Waals surface area contributed by atoms with Crippen LogP contribution in [0.3, 0.4) is 0 Å². The Morgan fingerprint density at radius 1 is 1.30 bits per heavy atom. The van der Waals surface area contributed by atoms with E-state index >= 15 is 0 Å². The molecule has 27 heavy (non-hydrogen) atoms. The lowest BCUT2D eigenvalue weighted by atomic mass is 10.1. The smallest absolute Gasteiger partial charge is 0.326 e. The van der Waals surface area contributed by atoms with Crippen LogP contribution in [-0.4, -0.2) is 28.6 Å². The van der Waals surface area contributed by atoms with Crippen molar-refractivity contribution in [2.75, 3.05) is 11.9 Å². The van der Waals surface area contributed by atoms with Crippen LogP contribution in [0.2, 0.25) is 0 Å². The van der Waals surface area contributed by atoms with Crippen LogP contribution >= 0.6 is 11.3 Å². The average Bonchev–Trinajstić information content (AvgIpc) is 3.05. The number of nitrogens with zero attached hydrogens (tertiary/aromatic N) is 1. The Kier molecular flexibility index (Phi) is 6.03. The van der Waals surface area contributed by atoms with Crippen molar-refractivity contribution in [2.45, 2.75) is 32.2 Å². The molecule has 5 nitrogen and oxygen atoms in total. The Morgan fingerprint density at radius 3 is 2.81 bits per heavy atom. The van der Waals surface area contributed by atoms with E-state index in [2.05, 4.69) is 10.3 Å². The predicted molar refractivity (Wildman–Crippen MR) is 108 cm³/mol. The van der Waals surface area contributed by atoms with Gasteiger partial charge in [0.15, 0.2) is 0 Å². The zero-order valence-electron chi connectivity index (χ0n) is 15.0. The van der Waals surface area contributed by atoms with Crippen LogP contribution in [0.1, 0.15) is 24.8 Å². The molecule has 0 aliphatic heterocycles. The topological polar surface area (TPSA) is 88.2 Å². The second-order valence-electron chi connectivity index (χ2n) is 6.48. The zero-order valence-corrected chi connectivity index (χ0v) is 15.9. The first kappa shape index (κ1) is 19.3. The number of rotatable bonds is 8. The monoisotopic (exact) mass is 387 g/mol. The molecule has 0 amide bonds. The van der Waals surface area contributed by atoms with Crippen LogP contribution in [-0.2, 0) is 4.79 Å². The van der Waals surface area contributed by atoms with Crippen molar-refractivity contribution >= 4 is 33.2 Å². The lowest BCUT2D eigenvalue weighted by molar-refractivity contribution is -0.138. The summed E-state index contributed by atoms with van der Waals surface area (Å²) in [5, 5.41) is 13.3. The maximum Gasteiger partial charge on any atom is 0.326 e. The average molecular weight is 387 g/mol. The van der Waals surface area contributed by atoms with Crippen molar-refractivity contribution in [3.63, 3.8) is 0 Å². The van der Waals surface area contributed by atoms with Gasteiger partial charge in [-0.05, 0) is 68.6 Å². The summed E-state index contributed by atoms with van der Waals surface area (Å²) in [6, 6.07) is 9.68. The largest absolute Gasteiger partial charge is 0.480 e. The number of aryl methyl sites for hydroxylation is 1. The molecule has 0 aliphatic carbocycles. The maximum absolute atomic E-state index is 13.4. The molecule has 3 aromatic rings. The molecule has 142 valence electrons. The number of benzene rings is 2. The number of aliphatic carboxylic acids is 1. The maximum atomic E-state index is 13.4. The second-order valence-corrected chi connectivity index (χ2v) is 7.51. The van der Waals surface area contributed by atoms with E-state index in [1.807, 2.05) is 25.1 Å². The molecule has 0 unspecified atom stereocenters. The number of nitrogens with two attached hydrogens (primary N) is 1. The van der Waals surface area contributed by atoms with Gasteiger partial charge in [0.25, 0.3) is 0 Å². The first-order chi connectivity index (χ1) is 13.0. The van der Waals surface area contributed by atoms with Gasteiger partial charge in [-0.3, -0.25) is 0 Å². The highest BCUT2D eigenvalue weighted by molar-refractivity contribution is 7.21. The Labute approximate surface area is 161 Å². The molecule has 0 saturated heterocycles. The molecule has 0 fully saturated rings. The molecule has 2 aromatic carbocycles. The van der Waals surface area contributed by atoms with Gasteiger partial charge in [0.2, 0.25) is 0 Å².